The lowest BCUT2D eigenvalue weighted by atomic mass is 9.87. The van der Waals surface area contributed by atoms with Gasteiger partial charge in [0.2, 0.25) is 0 Å². The number of hydrogen-bond acceptors (Lipinski definition) is 4. The summed E-state index contributed by atoms with van der Waals surface area (Å²) in [5.41, 5.74) is 0.151. The van der Waals surface area contributed by atoms with Gasteiger partial charge in [0.05, 0.1) is 5.39 Å². The number of nitrogens with one attached hydrogen (secondary N) is 2. The number of H-pyrrole nitrogens is 1. The fraction of sp³-hybridized carbons (Fsp3) is 0.421. The van der Waals surface area contributed by atoms with E-state index >= 15 is 0 Å². The Morgan fingerprint density at radius 2 is 2.16 bits per heavy atom. The number of rotatable bonds is 4. The lowest BCUT2D eigenvalue weighted by Gasteiger charge is -2.26. The number of nitrogens with zero attached hydrogens (tertiary/aromatic N) is 1. The summed E-state index contributed by atoms with van der Waals surface area (Å²) in [5.74, 6) is -0.183. The summed E-state index contributed by atoms with van der Waals surface area (Å²) in [5, 5.41) is 13.9. The maximum Gasteiger partial charge on any atom is 0.266 e. The maximum atomic E-state index is 12.6. The molecule has 2 aromatic rings. The van der Waals surface area contributed by atoms with Gasteiger partial charge in [-0.05, 0) is 49.7 Å². The highest BCUT2D eigenvalue weighted by atomic mass is 16.3. The van der Waals surface area contributed by atoms with E-state index in [1.807, 2.05) is 0 Å². The van der Waals surface area contributed by atoms with Crippen LogP contribution in [0, 0.1) is 5.92 Å². The van der Waals surface area contributed by atoms with Crippen molar-refractivity contribution < 1.29 is 9.90 Å². The van der Waals surface area contributed by atoms with Gasteiger partial charge in [-0.2, -0.15) is 0 Å². The zero-order valence-corrected chi connectivity index (χ0v) is 14.3. The fourth-order valence-corrected chi connectivity index (χ4v) is 3.46. The van der Waals surface area contributed by atoms with Gasteiger partial charge in [-0.15, -0.1) is 6.58 Å². The summed E-state index contributed by atoms with van der Waals surface area (Å²) >= 11 is 0. The molecular formula is C19H23N3O3. The Kier molecular flexibility index (Phi) is 4.88. The van der Waals surface area contributed by atoms with E-state index in [2.05, 4.69) is 28.8 Å². The number of aromatic hydroxyl groups is 1. The van der Waals surface area contributed by atoms with Crippen molar-refractivity contribution in [2.75, 3.05) is 0 Å². The summed E-state index contributed by atoms with van der Waals surface area (Å²) in [7, 11) is 0. The van der Waals surface area contributed by atoms with Crippen molar-refractivity contribution in [2.24, 2.45) is 5.92 Å². The zero-order valence-electron chi connectivity index (χ0n) is 14.3. The number of pyridine rings is 2. The molecule has 0 saturated heterocycles. The van der Waals surface area contributed by atoms with Crippen LogP contribution >= 0.6 is 0 Å². The molecule has 0 unspecified atom stereocenters. The molecule has 132 valence electrons. The van der Waals surface area contributed by atoms with Gasteiger partial charge in [0, 0.05) is 12.2 Å². The van der Waals surface area contributed by atoms with E-state index in [9.17, 15) is 14.7 Å². The van der Waals surface area contributed by atoms with Crippen LogP contribution in [0.4, 0.5) is 0 Å². The molecule has 1 saturated carbocycles. The fourth-order valence-electron chi connectivity index (χ4n) is 3.46. The number of carbonyl (C=O) groups excluding carboxylic acids is 1. The topological polar surface area (TPSA) is 95.1 Å². The molecule has 25 heavy (non-hydrogen) atoms. The second-order valence-corrected chi connectivity index (χ2v) is 6.79. The number of amides is 1. The molecular weight excluding hydrogens is 318 g/mol. The third-order valence-corrected chi connectivity index (χ3v) is 4.91. The first-order valence-electron chi connectivity index (χ1n) is 8.65. The molecule has 0 atom stereocenters. The Morgan fingerprint density at radius 1 is 1.44 bits per heavy atom. The highest BCUT2D eigenvalue weighted by Gasteiger charge is 2.25. The van der Waals surface area contributed by atoms with Gasteiger partial charge in [0.15, 0.2) is 0 Å². The predicted molar refractivity (Wildman–Crippen MR) is 96.8 cm³/mol. The summed E-state index contributed by atoms with van der Waals surface area (Å²) < 4.78 is 0. The third-order valence-electron chi connectivity index (χ3n) is 4.91. The Morgan fingerprint density at radius 3 is 2.84 bits per heavy atom. The molecule has 6 heteroatoms. The molecule has 0 bridgehead atoms. The van der Waals surface area contributed by atoms with Crippen LogP contribution in [0.25, 0.3) is 11.0 Å². The van der Waals surface area contributed by atoms with E-state index in [1.165, 1.54) is 0 Å². The van der Waals surface area contributed by atoms with Gasteiger partial charge in [-0.1, -0.05) is 13.0 Å². The minimum Gasteiger partial charge on any atom is -0.506 e. The number of carbonyl (C=O) groups is 1. The average Bonchev–Trinajstić information content (AvgIpc) is 2.57. The molecule has 6 nitrogen and oxygen atoms in total. The van der Waals surface area contributed by atoms with Crippen LogP contribution in [0.1, 0.15) is 48.5 Å². The van der Waals surface area contributed by atoms with E-state index < -0.39 is 11.5 Å². The number of allylic oxidation sites excluding steroid dienone is 1. The highest BCUT2D eigenvalue weighted by molar-refractivity contribution is 6.02. The second-order valence-electron chi connectivity index (χ2n) is 6.79. The van der Waals surface area contributed by atoms with Crippen molar-refractivity contribution in [1.29, 1.82) is 0 Å². The molecule has 1 amide bonds. The average molecular weight is 341 g/mol. The quantitative estimate of drug-likeness (QED) is 0.745. The van der Waals surface area contributed by atoms with Crippen molar-refractivity contribution in [3.05, 3.63) is 46.4 Å². The highest BCUT2D eigenvalue weighted by Crippen LogP contribution is 2.28. The first-order valence-corrected chi connectivity index (χ1v) is 8.65. The van der Waals surface area contributed by atoms with Crippen molar-refractivity contribution in [1.82, 2.24) is 15.3 Å². The van der Waals surface area contributed by atoms with Crippen LogP contribution in [0.2, 0.25) is 0 Å². The summed E-state index contributed by atoms with van der Waals surface area (Å²) in [6.45, 7) is 5.90. The zero-order chi connectivity index (χ0) is 18.0. The molecule has 0 aromatic carbocycles. The van der Waals surface area contributed by atoms with Crippen LogP contribution in [-0.4, -0.2) is 27.0 Å². The Bertz CT molecular complexity index is 864. The first-order chi connectivity index (χ1) is 12.0. The monoisotopic (exact) mass is 341 g/mol. The minimum absolute atomic E-state index is 0.0414. The Hall–Kier alpha value is -2.63. The molecule has 0 aliphatic heterocycles. The largest absolute Gasteiger partial charge is 0.506 e. The minimum atomic E-state index is -0.630. The van der Waals surface area contributed by atoms with Gasteiger partial charge in [0.25, 0.3) is 11.5 Å². The summed E-state index contributed by atoms with van der Waals surface area (Å²) in [6.07, 6.45) is 7.64. The molecule has 2 aromatic heterocycles. The van der Waals surface area contributed by atoms with Gasteiger partial charge in [0.1, 0.15) is 17.0 Å². The third kappa shape index (κ3) is 3.43. The van der Waals surface area contributed by atoms with E-state index in [0.717, 1.165) is 31.2 Å². The van der Waals surface area contributed by atoms with Crippen molar-refractivity contribution >= 4 is 16.9 Å². The van der Waals surface area contributed by atoms with E-state index in [-0.39, 0.29) is 23.0 Å². The Balaban J connectivity index is 1.98. The summed E-state index contributed by atoms with van der Waals surface area (Å²) in [4.78, 5) is 31.6. The lowest BCUT2D eigenvalue weighted by molar-refractivity contribution is 0.0919. The lowest BCUT2D eigenvalue weighted by Crippen LogP contribution is -2.39. The van der Waals surface area contributed by atoms with Gasteiger partial charge in [-0.25, -0.2) is 4.98 Å². The van der Waals surface area contributed by atoms with Crippen LogP contribution in [0.5, 0.6) is 5.75 Å². The molecule has 2 heterocycles. The Labute approximate surface area is 146 Å². The molecule has 0 radical (unpaired) electrons. The number of fused-ring (bicyclic) bond motifs is 1. The van der Waals surface area contributed by atoms with E-state index in [4.69, 9.17) is 0 Å². The van der Waals surface area contributed by atoms with Gasteiger partial charge in [-0.3, -0.25) is 9.59 Å². The molecule has 3 rings (SSSR count). The molecule has 0 spiro atoms. The SMILES string of the molecule is C=CCc1ccnc2[nH]c(=O)c(C(=O)NC3CCC(C)CC3)c(O)c12. The molecule has 1 fully saturated rings. The van der Waals surface area contributed by atoms with Crippen molar-refractivity contribution in [2.45, 2.75) is 45.1 Å². The number of aromatic amines is 1. The normalized spacial score (nSPS) is 20.4. The van der Waals surface area contributed by atoms with Crippen molar-refractivity contribution in [3.8, 4) is 5.75 Å². The number of hydrogen-bond donors (Lipinski definition) is 3. The van der Waals surface area contributed by atoms with Crippen LogP contribution < -0.4 is 10.9 Å². The second kappa shape index (κ2) is 7.09. The predicted octanol–water partition coefficient (Wildman–Crippen LogP) is 2.67. The van der Waals surface area contributed by atoms with E-state index in [0.29, 0.717) is 17.7 Å². The number of aromatic nitrogens is 2. The van der Waals surface area contributed by atoms with Gasteiger partial charge >= 0.3 is 0 Å². The van der Waals surface area contributed by atoms with Crippen molar-refractivity contribution in [3.63, 3.8) is 0 Å². The smallest absolute Gasteiger partial charge is 0.266 e. The van der Waals surface area contributed by atoms with Gasteiger partial charge < -0.3 is 15.4 Å². The van der Waals surface area contributed by atoms with E-state index in [1.54, 1.807) is 18.3 Å². The van der Waals surface area contributed by atoms with Crippen LogP contribution in [0.15, 0.2) is 29.7 Å². The standard InChI is InChI=1S/C19H23N3O3/c1-3-4-12-9-10-20-17-14(12)16(23)15(19(25)22-17)18(24)21-13-7-5-11(2)6-8-13/h3,9-11,13H,1,4-8H2,2H3,(H,21,24)(H2,20,22,23,25). The summed E-state index contributed by atoms with van der Waals surface area (Å²) in [6, 6.07) is 1.78. The molecule has 3 N–H and O–H groups in total. The van der Waals surface area contributed by atoms with Crippen LogP contribution in [-0.2, 0) is 6.42 Å². The first kappa shape index (κ1) is 17.2. The molecule has 1 aliphatic rings. The maximum absolute atomic E-state index is 12.6. The molecule has 1 aliphatic carbocycles. The van der Waals surface area contributed by atoms with Crippen LogP contribution in [0.3, 0.4) is 0 Å².